The van der Waals surface area contributed by atoms with E-state index in [-0.39, 0.29) is 17.7 Å². The number of benzene rings is 2. The molecule has 0 saturated heterocycles. The summed E-state index contributed by atoms with van der Waals surface area (Å²) >= 11 is 6.58. The van der Waals surface area contributed by atoms with Crippen LogP contribution in [0.5, 0.6) is 0 Å². The highest BCUT2D eigenvalue weighted by molar-refractivity contribution is 9.10. The molecule has 0 aromatic heterocycles. The van der Waals surface area contributed by atoms with Crippen LogP contribution in [0.3, 0.4) is 0 Å². The van der Waals surface area contributed by atoms with Gasteiger partial charge < -0.3 is 5.32 Å². The van der Waals surface area contributed by atoms with E-state index in [1.807, 2.05) is 6.92 Å². The molecule has 0 aliphatic rings. The van der Waals surface area contributed by atoms with Gasteiger partial charge in [-0.2, -0.15) is 0 Å². The zero-order valence-electron chi connectivity index (χ0n) is 11.5. The number of hydrogen-bond acceptors (Lipinski definition) is 1. The van der Waals surface area contributed by atoms with E-state index < -0.39 is 0 Å². The second kappa shape index (κ2) is 7.47. The molecule has 21 heavy (non-hydrogen) atoms. The molecule has 2 rings (SSSR count). The summed E-state index contributed by atoms with van der Waals surface area (Å²) in [6.45, 7) is 2.78. The van der Waals surface area contributed by atoms with Crippen LogP contribution in [0.1, 0.15) is 30.5 Å². The van der Waals surface area contributed by atoms with Crippen LogP contribution in [0.25, 0.3) is 0 Å². The summed E-state index contributed by atoms with van der Waals surface area (Å²) in [4.78, 5) is 0. The molecule has 0 saturated carbocycles. The predicted molar refractivity (Wildman–Crippen MR) is 88.3 cm³/mol. The van der Waals surface area contributed by atoms with Crippen molar-refractivity contribution in [2.75, 3.05) is 6.54 Å². The lowest BCUT2D eigenvalue weighted by molar-refractivity contribution is 0.541. The summed E-state index contributed by atoms with van der Waals surface area (Å²) in [5.74, 6) is -0.628. The normalized spacial score (nSPS) is 12.4. The van der Waals surface area contributed by atoms with E-state index in [2.05, 4.69) is 37.2 Å². The van der Waals surface area contributed by atoms with Crippen LogP contribution in [0.2, 0.25) is 0 Å². The van der Waals surface area contributed by atoms with Gasteiger partial charge in [0.25, 0.3) is 0 Å². The van der Waals surface area contributed by atoms with Gasteiger partial charge in [0, 0.05) is 10.0 Å². The molecule has 0 spiro atoms. The van der Waals surface area contributed by atoms with Crippen molar-refractivity contribution in [1.82, 2.24) is 5.32 Å². The first kappa shape index (κ1) is 16.6. The molecule has 1 atom stereocenters. The molecule has 0 fully saturated rings. The molecule has 0 radical (unpaired) electrons. The van der Waals surface area contributed by atoms with E-state index in [9.17, 15) is 8.78 Å². The van der Waals surface area contributed by atoms with Crippen LogP contribution in [-0.2, 0) is 0 Å². The number of rotatable bonds is 5. The smallest absolute Gasteiger partial charge is 0.142 e. The Labute approximate surface area is 140 Å². The average molecular weight is 419 g/mol. The summed E-state index contributed by atoms with van der Waals surface area (Å²) in [5, 5.41) is 3.32. The van der Waals surface area contributed by atoms with Crippen LogP contribution in [-0.4, -0.2) is 6.54 Å². The van der Waals surface area contributed by atoms with E-state index in [0.717, 1.165) is 18.5 Å². The van der Waals surface area contributed by atoms with Crippen molar-refractivity contribution in [1.29, 1.82) is 0 Å². The Kier molecular flexibility index (Phi) is 5.90. The van der Waals surface area contributed by atoms with Gasteiger partial charge in [0.15, 0.2) is 0 Å². The van der Waals surface area contributed by atoms with Crippen molar-refractivity contribution < 1.29 is 8.78 Å². The molecule has 0 heterocycles. The second-order valence-electron chi connectivity index (χ2n) is 4.70. The molecule has 2 aromatic rings. The van der Waals surface area contributed by atoms with Crippen molar-refractivity contribution in [3.05, 3.63) is 68.1 Å². The van der Waals surface area contributed by atoms with Crippen LogP contribution in [0.4, 0.5) is 8.78 Å². The number of halogens is 4. The minimum atomic E-state index is -0.336. The Hall–Kier alpha value is -0.780. The molecular weight excluding hydrogens is 404 g/mol. The molecule has 112 valence electrons. The number of nitrogens with one attached hydrogen (secondary N) is 1. The van der Waals surface area contributed by atoms with Crippen molar-refractivity contribution in [3.8, 4) is 0 Å². The highest BCUT2D eigenvalue weighted by Gasteiger charge is 2.21. The summed E-state index contributed by atoms with van der Waals surface area (Å²) < 4.78 is 28.7. The molecule has 5 heteroatoms. The summed E-state index contributed by atoms with van der Waals surface area (Å²) in [6.07, 6.45) is 0.922. The van der Waals surface area contributed by atoms with Gasteiger partial charge in [-0.1, -0.05) is 41.1 Å². The van der Waals surface area contributed by atoms with Crippen LogP contribution < -0.4 is 5.32 Å². The fraction of sp³-hybridized carbons (Fsp3) is 0.250. The molecule has 1 nitrogen and oxygen atoms in total. The van der Waals surface area contributed by atoms with Crippen LogP contribution in [0, 0.1) is 11.6 Å². The second-order valence-corrected chi connectivity index (χ2v) is 6.40. The Bertz CT molecular complexity index is 632. The molecule has 2 aromatic carbocycles. The monoisotopic (exact) mass is 417 g/mol. The van der Waals surface area contributed by atoms with Crippen molar-refractivity contribution >= 4 is 31.9 Å². The lowest BCUT2D eigenvalue weighted by atomic mass is 9.98. The molecule has 0 aliphatic heterocycles. The minimum Gasteiger partial charge on any atom is -0.306 e. The average Bonchev–Trinajstić information content (AvgIpc) is 2.45. The zero-order valence-corrected chi connectivity index (χ0v) is 14.6. The van der Waals surface area contributed by atoms with Gasteiger partial charge in [0.05, 0.1) is 10.5 Å². The molecular formula is C16H15Br2F2N. The van der Waals surface area contributed by atoms with Gasteiger partial charge in [-0.15, -0.1) is 0 Å². The van der Waals surface area contributed by atoms with E-state index in [4.69, 9.17) is 0 Å². The largest absolute Gasteiger partial charge is 0.306 e. The molecule has 0 bridgehead atoms. The Morgan fingerprint density at radius 2 is 1.81 bits per heavy atom. The summed E-state index contributed by atoms with van der Waals surface area (Å²) in [6, 6.07) is 9.31. The molecule has 0 aliphatic carbocycles. The lowest BCUT2D eigenvalue weighted by Crippen LogP contribution is -2.24. The van der Waals surface area contributed by atoms with Gasteiger partial charge in [-0.05, 0) is 52.7 Å². The van der Waals surface area contributed by atoms with Gasteiger partial charge in [0.1, 0.15) is 11.6 Å². The first-order valence-electron chi connectivity index (χ1n) is 6.66. The highest BCUT2D eigenvalue weighted by Crippen LogP contribution is 2.32. The third-order valence-electron chi connectivity index (χ3n) is 3.16. The maximum Gasteiger partial charge on any atom is 0.142 e. The topological polar surface area (TPSA) is 12.0 Å². The molecule has 0 amide bonds. The lowest BCUT2D eigenvalue weighted by Gasteiger charge is -2.22. The maximum absolute atomic E-state index is 14.4. The summed E-state index contributed by atoms with van der Waals surface area (Å²) in [7, 11) is 0. The van der Waals surface area contributed by atoms with Crippen molar-refractivity contribution in [2.24, 2.45) is 0 Å². The SMILES string of the molecule is CCCNC(c1ccc(F)cc1Br)c1cccc(Br)c1F. The third kappa shape index (κ3) is 3.90. The Morgan fingerprint density at radius 1 is 1.05 bits per heavy atom. The van der Waals surface area contributed by atoms with Gasteiger partial charge in [-0.3, -0.25) is 0 Å². The highest BCUT2D eigenvalue weighted by atomic mass is 79.9. The quantitative estimate of drug-likeness (QED) is 0.668. The van der Waals surface area contributed by atoms with Gasteiger partial charge in [0.2, 0.25) is 0 Å². The summed E-state index contributed by atoms with van der Waals surface area (Å²) in [5.41, 5.74) is 1.34. The molecule has 1 N–H and O–H groups in total. The van der Waals surface area contributed by atoms with E-state index in [1.54, 1.807) is 24.3 Å². The fourth-order valence-electron chi connectivity index (χ4n) is 2.16. The third-order valence-corrected chi connectivity index (χ3v) is 4.46. The molecule has 1 unspecified atom stereocenters. The standard InChI is InChI=1S/C16H15Br2F2N/c1-2-8-21-16(11-7-6-10(19)9-14(11)18)12-4-3-5-13(17)15(12)20/h3-7,9,16,21H,2,8H2,1H3. The van der Waals surface area contributed by atoms with Crippen molar-refractivity contribution in [3.63, 3.8) is 0 Å². The van der Waals surface area contributed by atoms with Gasteiger partial charge >= 0.3 is 0 Å². The van der Waals surface area contributed by atoms with E-state index >= 15 is 0 Å². The van der Waals surface area contributed by atoms with Crippen LogP contribution >= 0.6 is 31.9 Å². The van der Waals surface area contributed by atoms with Crippen molar-refractivity contribution in [2.45, 2.75) is 19.4 Å². The van der Waals surface area contributed by atoms with Crippen LogP contribution in [0.15, 0.2) is 45.3 Å². The van der Waals surface area contributed by atoms with E-state index in [0.29, 0.717) is 14.5 Å². The van der Waals surface area contributed by atoms with E-state index in [1.165, 1.54) is 12.1 Å². The van der Waals surface area contributed by atoms with Gasteiger partial charge in [-0.25, -0.2) is 8.78 Å². The Morgan fingerprint density at radius 3 is 2.48 bits per heavy atom. The fourth-order valence-corrected chi connectivity index (χ4v) is 3.12. The minimum absolute atomic E-state index is 0.303. The maximum atomic E-state index is 14.4. The zero-order chi connectivity index (χ0) is 15.4. The predicted octanol–water partition coefficient (Wildman–Crippen LogP) is 5.58. The first-order chi connectivity index (χ1) is 10.0. The number of hydrogen-bond donors (Lipinski definition) is 1. The first-order valence-corrected chi connectivity index (χ1v) is 8.25. The Balaban J connectivity index is 2.49.